The SMILES string of the molecule is CCN1CCN(C(=O)[C@@H](C)O)CC1. The summed E-state index contributed by atoms with van der Waals surface area (Å²) in [4.78, 5) is 15.4. The van der Waals surface area contributed by atoms with E-state index in [1.807, 2.05) is 0 Å². The Balaban J connectivity index is 2.36. The van der Waals surface area contributed by atoms with Crippen molar-refractivity contribution in [3.63, 3.8) is 0 Å². The third kappa shape index (κ3) is 2.67. The summed E-state index contributed by atoms with van der Waals surface area (Å²) in [5.74, 6) is -0.143. The lowest BCUT2D eigenvalue weighted by atomic mass is 10.2. The van der Waals surface area contributed by atoms with Crippen LogP contribution in [0.15, 0.2) is 0 Å². The van der Waals surface area contributed by atoms with E-state index in [1.165, 1.54) is 6.92 Å². The lowest BCUT2D eigenvalue weighted by Crippen LogP contribution is -2.50. The van der Waals surface area contributed by atoms with E-state index in [2.05, 4.69) is 11.8 Å². The average molecular weight is 186 g/mol. The van der Waals surface area contributed by atoms with Gasteiger partial charge in [-0.05, 0) is 13.5 Å². The van der Waals surface area contributed by atoms with Crippen molar-refractivity contribution in [2.45, 2.75) is 20.0 Å². The molecule has 76 valence electrons. The molecule has 0 aromatic rings. The molecule has 0 radical (unpaired) electrons. The Hall–Kier alpha value is -0.610. The number of hydrogen-bond donors (Lipinski definition) is 1. The van der Waals surface area contributed by atoms with Crippen LogP contribution in [0.5, 0.6) is 0 Å². The van der Waals surface area contributed by atoms with Crippen molar-refractivity contribution in [3.8, 4) is 0 Å². The van der Waals surface area contributed by atoms with Gasteiger partial charge in [0.1, 0.15) is 6.10 Å². The van der Waals surface area contributed by atoms with E-state index in [0.29, 0.717) is 0 Å². The van der Waals surface area contributed by atoms with Gasteiger partial charge in [-0.2, -0.15) is 0 Å². The Morgan fingerprint density at radius 1 is 1.38 bits per heavy atom. The van der Waals surface area contributed by atoms with Crippen molar-refractivity contribution in [3.05, 3.63) is 0 Å². The van der Waals surface area contributed by atoms with Gasteiger partial charge in [0.15, 0.2) is 0 Å². The number of rotatable bonds is 2. The minimum Gasteiger partial charge on any atom is -0.384 e. The number of aliphatic hydroxyl groups excluding tert-OH is 1. The van der Waals surface area contributed by atoms with Gasteiger partial charge in [-0.3, -0.25) is 4.79 Å². The Morgan fingerprint density at radius 2 is 1.92 bits per heavy atom. The Bertz CT molecular complexity index is 174. The van der Waals surface area contributed by atoms with Gasteiger partial charge < -0.3 is 14.9 Å². The summed E-state index contributed by atoms with van der Waals surface area (Å²) in [7, 11) is 0. The van der Waals surface area contributed by atoms with Crippen LogP contribution in [-0.4, -0.2) is 59.6 Å². The molecule has 1 aliphatic heterocycles. The summed E-state index contributed by atoms with van der Waals surface area (Å²) < 4.78 is 0. The van der Waals surface area contributed by atoms with E-state index < -0.39 is 6.10 Å². The van der Waals surface area contributed by atoms with Crippen LogP contribution in [0.25, 0.3) is 0 Å². The number of carbonyl (C=O) groups excluding carboxylic acids is 1. The van der Waals surface area contributed by atoms with Crippen LogP contribution in [0.4, 0.5) is 0 Å². The summed E-state index contributed by atoms with van der Waals surface area (Å²) in [5.41, 5.74) is 0. The minimum atomic E-state index is -0.854. The van der Waals surface area contributed by atoms with Crippen molar-refractivity contribution in [1.82, 2.24) is 9.80 Å². The molecule has 0 unspecified atom stereocenters. The lowest BCUT2D eigenvalue weighted by molar-refractivity contribution is -0.141. The molecule has 1 saturated heterocycles. The van der Waals surface area contributed by atoms with Gasteiger partial charge in [0, 0.05) is 26.2 Å². The standard InChI is InChI=1S/C9H18N2O2/c1-3-10-4-6-11(7-5-10)9(13)8(2)12/h8,12H,3-7H2,1-2H3/t8-/m1/s1. The predicted molar refractivity (Wildman–Crippen MR) is 50.4 cm³/mol. The van der Waals surface area contributed by atoms with Crippen LogP contribution >= 0.6 is 0 Å². The van der Waals surface area contributed by atoms with Crippen molar-refractivity contribution in [2.24, 2.45) is 0 Å². The highest BCUT2D eigenvalue weighted by Gasteiger charge is 2.22. The van der Waals surface area contributed by atoms with Gasteiger partial charge in [-0.1, -0.05) is 6.92 Å². The monoisotopic (exact) mass is 186 g/mol. The molecule has 13 heavy (non-hydrogen) atoms. The second-order valence-corrected chi connectivity index (χ2v) is 3.44. The zero-order valence-electron chi connectivity index (χ0n) is 8.36. The summed E-state index contributed by atoms with van der Waals surface area (Å²) in [6.45, 7) is 8.02. The molecule has 1 fully saturated rings. The highest BCUT2D eigenvalue weighted by atomic mass is 16.3. The smallest absolute Gasteiger partial charge is 0.251 e. The van der Waals surface area contributed by atoms with Gasteiger partial charge in [0.05, 0.1) is 0 Å². The van der Waals surface area contributed by atoms with E-state index in [1.54, 1.807) is 4.90 Å². The molecule has 1 amide bonds. The second-order valence-electron chi connectivity index (χ2n) is 3.44. The van der Waals surface area contributed by atoms with E-state index in [4.69, 9.17) is 5.11 Å². The van der Waals surface area contributed by atoms with Gasteiger partial charge in [-0.15, -0.1) is 0 Å². The average Bonchev–Trinajstić information content (AvgIpc) is 2.17. The van der Waals surface area contributed by atoms with Crippen molar-refractivity contribution < 1.29 is 9.90 Å². The zero-order chi connectivity index (χ0) is 9.84. The Morgan fingerprint density at radius 3 is 2.31 bits per heavy atom. The van der Waals surface area contributed by atoms with Gasteiger partial charge >= 0.3 is 0 Å². The first-order valence-corrected chi connectivity index (χ1v) is 4.84. The van der Waals surface area contributed by atoms with E-state index in [0.717, 1.165) is 32.7 Å². The molecule has 4 heteroatoms. The molecule has 1 atom stereocenters. The number of carbonyl (C=O) groups is 1. The van der Waals surface area contributed by atoms with E-state index >= 15 is 0 Å². The number of aliphatic hydroxyl groups is 1. The number of hydrogen-bond acceptors (Lipinski definition) is 3. The molecule has 1 aliphatic rings. The molecule has 1 rings (SSSR count). The van der Waals surface area contributed by atoms with Gasteiger partial charge in [0.25, 0.3) is 5.91 Å². The van der Waals surface area contributed by atoms with Crippen LogP contribution in [0.2, 0.25) is 0 Å². The molecule has 0 aromatic carbocycles. The quantitative estimate of drug-likeness (QED) is 0.634. The molecular formula is C9H18N2O2. The largest absolute Gasteiger partial charge is 0.384 e. The molecule has 4 nitrogen and oxygen atoms in total. The predicted octanol–water partition coefficient (Wildman–Crippen LogP) is -0.469. The van der Waals surface area contributed by atoms with Crippen molar-refractivity contribution in [1.29, 1.82) is 0 Å². The van der Waals surface area contributed by atoms with Crippen LogP contribution in [0, 0.1) is 0 Å². The van der Waals surface area contributed by atoms with E-state index in [-0.39, 0.29) is 5.91 Å². The Labute approximate surface area is 79.1 Å². The van der Waals surface area contributed by atoms with Crippen molar-refractivity contribution >= 4 is 5.91 Å². The number of likely N-dealkylation sites (N-methyl/N-ethyl adjacent to an activating group) is 1. The molecule has 0 aliphatic carbocycles. The maximum absolute atomic E-state index is 11.4. The first-order valence-electron chi connectivity index (χ1n) is 4.84. The molecule has 1 N–H and O–H groups in total. The minimum absolute atomic E-state index is 0.143. The molecular weight excluding hydrogens is 168 g/mol. The van der Waals surface area contributed by atoms with Crippen molar-refractivity contribution in [2.75, 3.05) is 32.7 Å². The molecule has 0 spiro atoms. The fraction of sp³-hybridized carbons (Fsp3) is 0.889. The molecule has 0 saturated carbocycles. The molecule has 0 bridgehead atoms. The Kier molecular flexibility index (Phi) is 3.69. The summed E-state index contributed by atoms with van der Waals surface area (Å²) in [6, 6.07) is 0. The summed E-state index contributed by atoms with van der Waals surface area (Å²) >= 11 is 0. The fourth-order valence-corrected chi connectivity index (χ4v) is 1.55. The normalized spacial score (nSPS) is 21.6. The van der Waals surface area contributed by atoms with Gasteiger partial charge in [0.2, 0.25) is 0 Å². The lowest BCUT2D eigenvalue weighted by Gasteiger charge is -2.34. The highest BCUT2D eigenvalue weighted by Crippen LogP contribution is 2.03. The third-order valence-electron chi connectivity index (χ3n) is 2.49. The zero-order valence-corrected chi connectivity index (χ0v) is 8.36. The number of nitrogens with zero attached hydrogens (tertiary/aromatic N) is 2. The fourth-order valence-electron chi connectivity index (χ4n) is 1.55. The maximum atomic E-state index is 11.4. The number of amides is 1. The highest BCUT2D eigenvalue weighted by molar-refractivity contribution is 5.80. The summed E-state index contributed by atoms with van der Waals surface area (Å²) in [6.07, 6.45) is -0.854. The van der Waals surface area contributed by atoms with Gasteiger partial charge in [-0.25, -0.2) is 0 Å². The number of piperazine rings is 1. The van der Waals surface area contributed by atoms with Crippen LogP contribution in [-0.2, 0) is 4.79 Å². The third-order valence-corrected chi connectivity index (χ3v) is 2.49. The molecule has 1 heterocycles. The summed E-state index contributed by atoms with van der Waals surface area (Å²) in [5, 5.41) is 9.09. The molecule has 0 aromatic heterocycles. The topological polar surface area (TPSA) is 43.8 Å². The van der Waals surface area contributed by atoms with Crippen LogP contribution < -0.4 is 0 Å². The maximum Gasteiger partial charge on any atom is 0.251 e. The first kappa shape index (κ1) is 10.5. The second kappa shape index (κ2) is 4.58. The van der Waals surface area contributed by atoms with E-state index in [9.17, 15) is 4.79 Å². The van der Waals surface area contributed by atoms with Crippen LogP contribution in [0.1, 0.15) is 13.8 Å². The van der Waals surface area contributed by atoms with Crippen LogP contribution in [0.3, 0.4) is 0 Å². The first-order chi connectivity index (χ1) is 6.15.